The second kappa shape index (κ2) is 6.04. The summed E-state index contributed by atoms with van der Waals surface area (Å²) in [5.74, 6) is 0. The van der Waals surface area contributed by atoms with Gasteiger partial charge in [0.15, 0.2) is 0 Å². The number of hydrogen-bond donors (Lipinski definition) is 1. The molecule has 1 aliphatic rings. The zero-order chi connectivity index (χ0) is 14.9. The van der Waals surface area contributed by atoms with Crippen molar-refractivity contribution in [1.82, 2.24) is 4.90 Å². The number of benzene rings is 1. The molecular weight excluding hydrogens is 314 g/mol. The predicted octanol–water partition coefficient (Wildman–Crippen LogP) is 3.39. The van der Waals surface area contributed by atoms with Crippen LogP contribution in [0.4, 0.5) is 5.69 Å². The predicted molar refractivity (Wildman–Crippen MR) is 90.3 cm³/mol. The first kappa shape index (κ1) is 15.8. The van der Waals surface area contributed by atoms with E-state index in [1.54, 1.807) is 0 Å². The van der Waals surface area contributed by atoms with E-state index in [1.165, 1.54) is 24.9 Å². The fourth-order valence-electron chi connectivity index (χ4n) is 2.99. The van der Waals surface area contributed by atoms with Gasteiger partial charge in [-0.05, 0) is 58.0 Å². The molecule has 2 rings (SSSR count). The van der Waals surface area contributed by atoms with Crippen LogP contribution < -0.4 is 10.6 Å². The van der Waals surface area contributed by atoms with Crippen LogP contribution in [0.5, 0.6) is 0 Å². The Hall–Kier alpha value is -0.580. The molecule has 0 aromatic heterocycles. The van der Waals surface area contributed by atoms with E-state index in [9.17, 15) is 0 Å². The number of likely N-dealkylation sites (N-methyl/N-ethyl adjacent to an activating group) is 2. The highest BCUT2D eigenvalue weighted by molar-refractivity contribution is 9.10. The maximum Gasteiger partial charge on any atom is 0.0378 e. The Bertz CT molecular complexity index is 467. The van der Waals surface area contributed by atoms with E-state index in [-0.39, 0.29) is 6.04 Å². The lowest BCUT2D eigenvalue weighted by Crippen LogP contribution is -2.56. The van der Waals surface area contributed by atoms with Gasteiger partial charge < -0.3 is 15.5 Å². The summed E-state index contributed by atoms with van der Waals surface area (Å²) in [5.41, 5.74) is 8.72. The van der Waals surface area contributed by atoms with Gasteiger partial charge >= 0.3 is 0 Å². The van der Waals surface area contributed by atoms with Crippen LogP contribution in [0.2, 0.25) is 0 Å². The maximum absolute atomic E-state index is 5.96. The Labute approximate surface area is 131 Å². The highest BCUT2D eigenvalue weighted by atomic mass is 79.9. The van der Waals surface area contributed by atoms with Crippen molar-refractivity contribution in [2.75, 3.05) is 32.6 Å². The van der Waals surface area contributed by atoms with Gasteiger partial charge in [-0.15, -0.1) is 0 Å². The molecule has 1 atom stereocenters. The van der Waals surface area contributed by atoms with Gasteiger partial charge in [0.1, 0.15) is 0 Å². The zero-order valence-corrected chi connectivity index (χ0v) is 14.6. The minimum absolute atomic E-state index is 0.0588. The zero-order valence-electron chi connectivity index (χ0n) is 13.0. The summed E-state index contributed by atoms with van der Waals surface area (Å²) < 4.78 is 1.10. The molecular formula is C16H26BrN3. The number of nitrogens with zero attached hydrogens (tertiary/aromatic N) is 2. The van der Waals surface area contributed by atoms with Crippen LogP contribution in [0.25, 0.3) is 0 Å². The van der Waals surface area contributed by atoms with Crippen LogP contribution in [-0.4, -0.2) is 38.1 Å². The van der Waals surface area contributed by atoms with Gasteiger partial charge in [-0.1, -0.05) is 22.0 Å². The van der Waals surface area contributed by atoms with Crippen molar-refractivity contribution in [3.63, 3.8) is 0 Å². The summed E-state index contributed by atoms with van der Waals surface area (Å²) >= 11 is 3.64. The van der Waals surface area contributed by atoms with E-state index >= 15 is 0 Å². The smallest absolute Gasteiger partial charge is 0.0378 e. The summed E-state index contributed by atoms with van der Waals surface area (Å²) in [6.07, 6.45) is 3.94. The second-order valence-electron chi connectivity index (χ2n) is 6.32. The minimum Gasteiger partial charge on any atom is -0.373 e. The van der Waals surface area contributed by atoms with Crippen LogP contribution in [0, 0.1) is 0 Å². The van der Waals surface area contributed by atoms with Gasteiger partial charge in [0, 0.05) is 35.3 Å². The van der Waals surface area contributed by atoms with E-state index in [0.29, 0.717) is 5.54 Å². The normalized spacial score (nSPS) is 18.8. The highest BCUT2D eigenvalue weighted by Crippen LogP contribution is 2.38. The average molecular weight is 340 g/mol. The summed E-state index contributed by atoms with van der Waals surface area (Å²) in [4.78, 5) is 4.74. The molecule has 2 N–H and O–H groups in total. The van der Waals surface area contributed by atoms with Gasteiger partial charge in [-0.25, -0.2) is 0 Å². The van der Waals surface area contributed by atoms with E-state index in [1.807, 2.05) is 6.92 Å². The standard InChI is InChI=1S/C16H26BrN3/c1-12(18)14-7-6-13(10-15(14)17)20(4)11-16(19(2)3)8-5-9-16/h6-7,10,12H,5,8-9,11,18H2,1-4H3. The number of rotatable bonds is 5. The third-order valence-corrected chi connectivity index (χ3v) is 5.37. The molecule has 0 amide bonds. The van der Waals surface area contributed by atoms with Crippen LogP contribution in [0.15, 0.2) is 22.7 Å². The monoisotopic (exact) mass is 339 g/mol. The molecule has 0 spiro atoms. The van der Waals surface area contributed by atoms with Crippen molar-refractivity contribution in [2.45, 2.75) is 37.8 Å². The number of halogens is 1. The first-order valence-electron chi connectivity index (χ1n) is 7.29. The second-order valence-corrected chi connectivity index (χ2v) is 7.18. The average Bonchev–Trinajstić information content (AvgIpc) is 2.32. The fraction of sp³-hybridized carbons (Fsp3) is 0.625. The molecule has 1 unspecified atom stereocenters. The molecule has 0 radical (unpaired) electrons. The SMILES string of the molecule is CC(N)c1ccc(N(C)CC2(N(C)C)CCC2)cc1Br. The number of hydrogen-bond acceptors (Lipinski definition) is 3. The molecule has 0 bridgehead atoms. The van der Waals surface area contributed by atoms with Crippen LogP contribution in [0.3, 0.4) is 0 Å². The summed E-state index contributed by atoms with van der Waals surface area (Å²) in [6.45, 7) is 3.09. The molecule has 1 saturated carbocycles. The van der Waals surface area contributed by atoms with Crippen molar-refractivity contribution >= 4 is 21.6 Å². The van der Waals surface area contributed by atoms with Crippen molar-refractivity contribution in [1.29, 1.82) is 0 Å². The van der Waals surface area contributed by atoms with Crippen molar-refractivity contribution < 1.29 is 0 Å². The molecule has 0 saturated heterocycles. The molecule has 20 heavy (non-hydrogen) atoms. The Morgan fingerprint density at radius 2 is 1.95 bits per heavy atom. The number of nitrogens with two attached hydrogens (primary N) is 1. The summed E-state index contributed by atoms with van der Waals surface area (Å²) in [6, 6.07) is 6.54. The lowest BCUT2D eigenvalue weighted by Gasteiger charge is -2.49. The van der Waals surface area contributed by atoms with E-state index < -0.39 is 0 Å². The molecule has 1 aromatic rings. The number of anilines is 1. The van der Waals surface area contributed by atoms with Crippen molar-refractivity contribution in [3.8, 4) is 0 Å². The molecule has 0 aliphatic heterocycles. The minimum atomic E-state index is 0.0588. The molecule has 112 valence electrons. The van der Waals surface area contributed by atoms with Gasteiger partial charge in [0.25, 0.3) is 0 Å². The fourth-order valence-corrected chi connectivity index (χ4v) is 3.71. The Morgan fingerprint density at radius 1 is 1.30 bits per heavy atom. The van der Waals surface area contributed by atoms with Gasteiger partial charge in [0.05, 0.1) is 0 Å². The third kappa shape index (κ3) is 3.02. The highest BCUT2D eigenvalue weighted by Gasteiger charge is 2.39. The van der Waals surface area contributed by atoms with Crippen LogP contribution in [-0.2, 0) is 0 Å². The summed E-state index contributed by atoms with van der Waals surface area (Å²) in [5, 5.41) is 0. The lowest BCUT2D eigenvalue weighted by molar-refractivity contribution is 0.0683. The summed E-state index contributed by atoms with van der Waals surface area (Å²) in [7, 11) is 6.57. The van der Waals surface area contributed by atoms with E-state index in [2.05, 4.69) is 65.1 Å². The Morgan fingerprint density at radius 3 is 2.35 bits per heavy atom. The maximum atomic E-state index is 5.96. The lowest BCUT2D eigenvalue weighted by atomic mass is 9.75. The third-order valence-electron chi connectivity index (χ3n) is 4.68. The van der Waals surface area contributed by atoms with E-state index in [0.717, 1.165) is 16.6 Å². The Kier molecular flexibility index (Phi) is 4.77. The van der Waals surface area contributed by atoms with Crippen molar-refractivity contribution in [2.24, 2.45) is 5.73 Å². The quantitative estimate of drug-likeness (QED) is 0.892. The Balaban J connectivity index is 2.13. The topological polar surface area (TPSA) is 32.5 Å². The molecule has 0 heterocycles. The molecule has 1 aliphatic carbocycles. The first-order chi connectivity index (χ1) is 9.35. The van der Waals surface area contributed by atoms with Gasteiger partial charge in [-0.2, -0.15) is 0 Å². The van der Waals surface area contributed by atoms with Crippen molar-refractivity contribution in [3.05, 3.63) is 28.2 Å². The van der Waals surface area contributed by atoms with Crippen LogP contribution in [0.1, 0.15) is 37.8 Å². The first-order valence-corrected chi connectivity index (χ1v) is 8.09. The van der Waals surface area contributed by atoms with Gasteiger partial charge in [0.2, 0.25) is 0 Å². The van der Waals surface area contributed by atoms with E-state index in [4.69, 9.17) is 5.73 Å². The molecule has 1 fully saturated rings. The molecule has 4 heteroatoms. The van der Waals surface area contributed by atoms with Crippen LogP contribution >= 0.6 is 15.9 Å². The molecule has 3 nitrogen and oxygen atoms in total. The van der Waals surface area contributed by atoms with Gasteiger partial charge in [-0.3, -0.25) is 0 Å². The molecule has 1 aromatic carbocycles. The largest absolute Gasteiger partial charge is 0.373 e.